The zero-order valence-electron chi connectivity index (χ0n) is 9.05. The lowest BCUT2D eigenvalue weighted by Gasteiger charge is -2.04. The Bertz CT molecular complexity index is 615. The van der Waals surface area contributed by atoms with Crippen molar-refractivity contribution in [3.05, 3.63) is 28.9 Å². The number of halogens is 2. The van der Waals surface area contributed by atoms with E-state index in [1.54, 1.807) is 7.05 Å². The van der Waals surface area contributed by atoms with E-state index >= 15 is 0 Å². The van der Waals surface area contributed by atoms with Crippen LogP contribution in [0.25, 0.3) is 0 Å². The Morgan fingerprint density at radius 2 is 2.28 bits per heavy atom. The van der Waals surface area contributed by atoms with Crippen LogP contribution in [0.2, 0.25) is 5.15 Å². The van der Waals surface area contributed by atoms with E-state index in [0.717, 1.165) is 6.20 Å². The molecule has 0 spiro atoms. The predicted octanol–water partition coefficient (Wildman–Crippen LogP) is 0.960. The van der Waals surface area contributed by atoms with Gasteiger partial charge < -0.3 is 10.4 Å². The van der Waals surface area contributed by atoms with Crippen LogP contribution in [0.5, 0.6) is 6.01 Å². The van der Waals surface area contributed by atoms with Gasteiger partial charge in [0.15, 0.2) is 11.6 Å². The van der Waals surface area contributed by atoms with E-state index in [9.17, 15) is 9.18 Å². The second-order valence-electron chi connectivity index (χ2n) is 3.29. The van der Waals surface area contributed by atoms with Crippen molar-refractivity contribution in [2.45, 2.75) is 0 Å². The SMILES string of the molecule is Cn1ncc(C(=O)Nc2nc(O)ncc2F)c1Cl. The third-order valence-corrected chi connectivity index (χ3v) is 2.52. The lowest BCUT2D eigenvalue weighted by Crippen LogP contribution is -2.14. The average Bonchev–Trinajstić information content (AvgIpc) is 2.65. The van der Waals surface area contributed by atoms with Crippen molar-refractivity contribution >= 4 is 23.3 Å². The summed E-state index contributed by atoms with van der Waals surface area (Å²) in [7, 11) is 1.55. The molecule has 1 amide bonds. The Kier molecular flexibility index (Phi) is 3.11. The molecular formula is C9H7ClFN5O2. The van der Waals surface area contributed by atoms with Crippen LogP contribution in [0.4, 0.5) is 10.2 Å². The van der Waals surface area contributed by atoms with Gasteiger partial charge in [-0.25, -0.2) is 9.37 Å². The summed E-state index contributed by atoms with van der Waals surface area (Å²) in [5.41, 5.74) is 0.0664. The highest BCUT2D eigenvalue weighted by Crippen LogP contribution is 2.17. The van der Waals surface area contributed by atoms with Crippen LogP contribution in [0, 0.1) is 5.82 Å². The van der Waals surface area contributed by atoms with Crippen molar-refractivity contribution in [3.63, 3.8) is 0 Å². The average molecular weight is 272 g/mol. The molecule has 0 fully saturated rings. The lowest BCUT2D eigenvalue weighted by atomic mass is 10.3. The van der Waals surface area contributed by atoms with Gasteiger partial charge in [-0.15, -0.1) is 0 Å². The van der Waals surface area contributed by atoms with Crippen LogP contribution in [0.1, 0.15) is 10.4 Å². The second-order valence-corrected chi connectivity index (χ2v) is 3.65. The third kappa shape index (κ3) is 2.23. The molecule has 94 valence electrons. The van der Waals surface area contributed by atoms with Gasteiger partial charge in [0, 0.05) is 7.05 Å². The van der Waals surface area contributed by atoms with Crippen LogP contribution in [0.3, 0.4) is 0 Å². The maximum atomic E-state index is 13.2. The minimum absolute atomic E-state index is 0.0664. The van der Waals surface area contributed by atoms with E-state index in [1.165, 1.54) is 10.9 Å². The van der Waals surface area contributed by atoms with Gasteiger partial charge in [-0.1, -0.05) is 11.6 Å². The molecule has 0 saturated carbocycles. The highest BCUT2D eigenvalue weighted by Gasteiger charge is 2.17. The molecule has 9 heteroatoms. The topological polar surface area (TPSA) is 92.9 Å². The third-order valence-electron chi connectivity index (χ3n) is 2.07. The molecule has 0 atom stereocenters. The number of hydrogen-bond donors (Lipinski definition) is 2. The Labute approximate surface area is 105 Å². The maximum absolute atomic E-state index is 13.2. The van der Waals surface area contributed by atoms with Crippen molar-refractivity contribution in [1.29, 1.82) is 0 Å². The Balaban J connectivity index is 2.27. The Morgan fingerprint density at radius 3 is 2.89 bits per heavy atom. The van der Waals surface area contributed by atoms with Crippen LogP contribution in [-0.4, -0.2) is 30.8 Å². The number of aromatic nitrogens is 4. The number of carbonyl (C=O) groups excluding carboxylic acids is 1. The molecule has 0 unspecified atom stereocenters. The molecule has 0 saturated heterocycles. The minimum atomic E-state index is -0.874. The first-order valence-electron chi connectivity index (χ1n) is 4.69. The molecule has 0 aliphatic rings. The van der Waals surface area contributed by atoms with Crippen LogP contribution in [-0.2, 0) is 7.05 Å². The largest absolute Gasteiger partial charge is 0.479 e. The molecule has 2 aromatic heterocycles. The number of aromatic hydroxyl groups is 1. The summed E-state index contributed by atoms with van der Waals surface area (Å²) in [5.74, 6) is -2.00. The highest BCUT2D eigenvalue weighted by atomic mass is 35.5. The van der Waals surface area contributed by atoms with Gasteiger partial charge in [-0.05, 0) is 0 Å². The van der Waals surface area contributed by atoms with Crippen molar-refractivity contribution < 1.29 is 14.3 Å². The summed E-state index contributed by atoms with van der Waals surface area (Å²) >= 11 is 5.80. The first-order chi connectivity index (χ1) is 8.49. The first kappa shape index (κ1) is 12.2. The smallest absolute Gasteiger partial charge is 0.316 e. The number of hydrogen-bond acceptors (Lipinski definition) is 5. The van der Waals surface area contributed by atoms with Crippen molar-refractivity contribution in [2.75, 3.05) is 5.32 Å². The summed E-state index contributed by atoms with van der Waals surface area (Å²) in [5, 5.41) is 15.0. The number of nitrogens with zero attached hydrogens (tertiary/aromatic N) is 4. The van der Waals surface area contributed by atoms with E-state index in [4.69, 9.17) is 16.7 Å². The number of anilines is 1. The number of nitrogens with one attached hydrogen (secondary N) is 1. The summed E-state index contributed by atoms with van der Waals surface area (Å²) < 4.78 is 14.5. The maximum Gasteiger partial charge on any atom is 0.316 e. The normalized spacial score (nSPS) is 10.4. The van der Waals surface area contributed by atoms with Gasteiger partial charge in [0.1, 0.15) is 5.15 Å². The fourth-order valence-electron chi connectivity index (χ4n) is 1.20. The van der Waals surface area contributed by atoms with Crippen molar-refractivity contribution in [3.8, 4) is 6.01 Å². The molecule has 0 bridgehead atoms. The number of rotatable bonds is 2. The number of aryl methyl sites for hydroxylation is 1. The van der Waals surface area contributed by atoms with Crippen molar-refractivity contribution in [2.24, 2.45) is 7.05 Å². The van der Waals surface area contributed by atoms with Gasteiger partial charge in [0.2, 0.25) is 0 Å². The fourth-order valence-corrected chi connectivity index (χ4v) is 1.37. The van der Waals surface area contributed by atoms with Gasteiger partial charge in [-0.3, -0.25) is 9.48 Å². The lowest BCUT2D eigenvalue weighted by molar-refractivity contribution is 0.102. The summed E-state index contributed by atoms with van der Waals surface area (Å²) in [6.45, 7) is 0. The predicted molar refractivity (Wildman–Crippen MR) is 59.8 cm³/mol. The molecule has 0 radical (unpaired) electrons. The van der Waals surface area contributed by atoms with E-state index in [2.05, 4.69) is 20.4 Å². The fraction of sp³-hybridized carbons (Fsp3) is 0.111. The number of amides is 1. The quantitative estimate of drug-likeness (QED) is 0.849. The molecule has 2 N–H and O–H groups in total. The molecule has 0 aromatic carbocycles. The van der Waals surface area contributed by atoms with Crippen LogP contribution >= 0.6 is 11.6 Å². The summed E-state index contributed by atoms with van der Waals surface area (Å²) in [6, 6.07) is -0.649. The summed E-state index contributed by atoms with van der Waals surface area (Å²) in [4.78, 5) is 18.3. The van der Waals surface area contributed by atoms with E-state index in [0.29, 0.717) is 0 Å². The Morgan fingerprint density at radius 1 is 1.56 bits per heavy atom. The van der Waals surface area contributed by atoms with Crippen LogP contribution < -0.4 is 5.32 Å². The monoisotopic (exact) mass is 271 g/mol. The van der Waals surface area contributed by atoms with Gasteiger partial charge in [0.25, 0.3) is 5.91 Å². The van der Waals surface area contributed by atoms with E-state index in [1.807, 2.05) is 0 Å². The van der Waals surface area contributed by atoms with Gasteiger partial charge in [-0.2, -0.15) is 10.1 Å². The summed E-state index contributed by atoms with van der Waals surface area (Å²) in [6.07, 6.45) is 1.97. The second kappa shape index (κ2) is 4.57. The zero-order chi connectivity index (χ0) is 13.3. The molecule has 2 rings (SSSR count). The molecule has 0 aliphatic carbocycles. The Hall–Kier alpha value is -2.22. The standard InChI is InChI=1S/C9H7ClFN5O2/c1-16-6(10)4(2-13-16)8(17)14-7-5(11)3-12-9(18)15-7/h2-3H,1H3,(H2,12,14,15,17,18). The molecule has 18 heavy (non-hydrogen) atoms. The molecule has 2 heterocycles. The first-order valence-corrected chi connectivity index (χ1v) is 5.07. The highest BCUT2D eigenvalue weighted by molar-refractivity contribution is 6.33. The van der Waals surface area contributed by atoms with Crippen molar-refractivity contribution in [1.82, 2.24) is 19.7 Å². The molecule has 0 aliphatic heterocycles. The van der Waals surface area contributed by atoms with Crippen LogP contribution in [0.15, 0.2) is 12.4 Å². The van der Waals surface area contributed by atoms with E-state index < -0.39 is 23.6 Å². The zero-order valence-corrected chi connectivity index (χ0v) is 9.81. The molecule has 2 aromatic rings. The van der Waals surface area contributed by atoms with Gasteiger partial charge in [0.05, 0.1) is 18.0 Å². The molecule has 7 nitrogen and oxygen atoms in total. The number of carbonyl (C=O) groups is 1. The van der Waals surface area contributed by atoms with Gasteiger partial charge >= 0.3 is 6.01 Å². The molecular weight excluding hydrogens is 265 g/mol. The minimum Gasteiger partial charge on any atom is -0.479 e. The van der Waals surface area contributed by atoms with E-state index in [-0.39, 0.29) is 10.7 Å².